The topological polar surface area (TPSA) is 15.8 Å². The fourth-order valence-corrected chi connectivity index (χ4v) is 1.27. The van der Waals surface area contributed by atoms with E-state index in [0.717, 1.165) is 11.9 Å². The van der Waals surface area contributed by atoms with Crippen molar-refractivity contribution in [1.82, 2.24) is 4.98 Å². The van der Waals surface area contributed by atoms with Gasteiger partial charge in [-0.15, -0.1) is 55.1 Å². The van der Waals surface area contributed by atoms with Gasteiger partial charge in [-0.2, -0.15) is 17.5 Å². The summed E-state index contributed by atoms with van der Waals surface area (Å²) in [6, 6.07) is 10.1. The minimum absolute atomic E-state index is 0. The van der Waals surface area contributed by atoms with Crippen LogP contribution in [0.25, 0.3) is 10.9 Å². The van der Waals surface area contributed by atoms with Gasteiger partial charge in [-0.05, 0) is 0 Å². The molecule has 1 nitrogen and oxygen atoms in total. The van der Waals surface area contributed by atoms with Crippen molar-refractivity contribution in [2.24, 2.45) is 0 Å². The molecule has 0 aliphatic heterocycles. The Bertz CT molecular complexity index is 438. The van der Waals surface area contributed by atoms with E-state index < -0.39 is 0 Å². The standard InChI is InChI=1S/C8H6N.C5H5.4CH3.CH2.2ClH.Zr/c1-2-4-8-7(3-1)5-6-9-8;1-2-4-5-3-1;;;;;;;;/h1-5,9H;1-3H,4H2;4*1H3;1H2;2*1H;/q6*-1;;;;. The molecule has 128 valence electrons. The second-order valence-electron chi connectivity index (χ2n) is 3.00. The zero-order valence-corrected chi connectivity index (χ0v) is 17.9. The number of aromatic amines is 1. The maximum Gasteiger partial charge on any atom is -0.0745 e. The first kappa shape index (κ1) is 37.6. The Morgan fingerprint density at radius 3 is 2.00 bits per heavy atom. The summed E-state index contributed by atoms with van der Waals surface area (Å²) in [4.78, 5) is 2.99. The molecule has 0 spiro atoms. The van der Waals surface area contributed by atoms with E-state index in [2.05, 4.69) is 33.6 Å². The van der Waals surface area contributed by atoms with Crippen LogP contribution in [0.2, 0.25) is 0 Å². The van der Waals surface area contributed by atoms with E-state index in [1.807, 2.05) is 36.4 Å². The number of benzene rings is 1. The predicted octanol–water partition coefficient (Wildman–Crippen LogP) is 5.88. The summed E-state index contributed by atoms with van der Waals surface area (Å²) in [6.45, 7) is 0. The van der Waals surface area contributed by atoms with E-state index in [4.69, 9.17) is 0 Å². The molecule has 0 amide bonds. The second-order valence-corrected chi connectivity index (χ2v) is 3.00. The van der Waals surface area contributed by atoms with Gasteiger partial charge in [0.25, 0.3) is 0 Å². The number of fused-ring (bicyclic) bond motifs is 1. The van der Waals surface area contributed by atoms with Gasteiger partial charge >= 0.3 is 28.4 Å². The first-order valence-electron chi connectivity index (χ1n) is 4.98. The number of hydrogen-bond acceptors (Lipinski definition) is 0. The maximum atomic E-state index is 3.34. The molecule has 0 saturated heterocycles. The minimum Gasteiger partial charge on any atom is -0.477 e. The van der Waals surface area contributed by atoms with Crippen LogP contribution in [-0.2, 0) is 24.2 Å². The Hall–Kier alpha value is -0.427. The molecule has 1 aliphatic carbocycles. The van der Waals surface area contributed by atoms with Gasteiger partial charge in [0.2, 0.25) is 0 Å². The normalized spacial score (nSPS) is 8.32. The number of halogens is 2. The first-order chi connectivity index (χ1) is 7.97. The molecule has 0 saturated carbocycles. The molecule has 1 N–H and O–H groups in total. The van der Waals surface area contributed by atoms with Crippen molar-refractivity contribution in [1.29, 1.82) is 0 Å². The van der Waals surface area contributed by atoms with E-state index in [-0.39, 0.29) is 54.5 Å². The summed E-state index contributed by atoms with van der Waals surface area (Å²) in [6.07, 6.45) is 12.9. The quantitative estimate of drug-likeness (QED) is 0.513. The third-order valence-corrected chi connectivity index (χ3v) is 1.98. The molecule has 22 heavy (non-hydrogen) atoms. The van der Waals surface area contributed by atoms with Crippen molar-refractivity contribution in [3.05, 3.63) is 90.5 Å². The number of H-pyrrole nitrogens is 1. The number of nitrogens with one attached hydrogen (secondary N) is 1. The number of allylic oxidation sites excluding steroid dienone is 4. The molecule has 4 heteroatoms. The zero-order valence-electron chi connectivity index (χ0n) is 13.8. The van der Waals surface area contributed by atoms with E-state index in [9.17, 15) is 0 Å². The Morgan fingerprint density at radius 2 is 1.59 bits per heavy atom. The Kier molecular flexibility index (Phi) is 43.7. The van der Waals surface area contributed by atoms with Gasteiger partial charge in [0.05, 0.1) is 0 Å². The molecule has 1 aromatic carbocycles. The van der Waals surface area contributed by atoms with Gasteiger partial charge in [-0.1, -0.05) is 12.1 Å². The summed E-state index contributed by atoms with van der Waals surface area (Å²) in [7, 11) is 0. The fraction of sp³-hybridized carbons (Fsp3) is 0.0556. The summed E-state index contributed by atoms with van der Waals surface area (Å²) >= 11 is 1.30. The molecule has 0 unspecified atom stereocenters. The molecule has 0 bridgehead atoms. The molecule has 0 atom stereocenters. The van der Waals surface area contributed by atoms with Gasteiger partial charge < -0.3 is 34.7 Å². The van der Waals surface area contributed by atoms with Crippen LogP contribution in [0, 0.1) is 42.0 Å². The third kappa shape index (κ3) is 14.5. The predicted molar refractivity (Wildman–Crippen MR) is 106 cm³/mol. The van der Waals surface area contributed by atoms with E-state index in [0.29, 0.717) is 0 Å². The van der Waals surface area contributed by atoms with Crippen molar-refractivity contribution in [3.63, 3.8) is 0 Å². The van der Waals surface area contributed by atoms with E-state index >= 15 is 0 Å². The Balaban J connectivity index is -0.0000000445. The maximum absolute atomic E-state index is 3.34. The van der Waals surface area contributed by atoms with Crippen molar-refractivity contribution < 1.29 is 24.2 Å². The van der Waals surface area contributed by atoms with Crippen molar-refractivity contribution in [2.45, 2.75) is 6.42 Å². The molecule has 0 radical (unpaired) electrons. The average Bonchev–Trinajstić information content (AvgIpc) is 3.06. The molecule has 3 rings (SSSR count). The van der Waals surface area contributed by atoms with E-state index in [1.165, 1.54) is 29.6 Å². The van der Waals surface area contributed by atoms with Crippen molar-refractivity contribution in [3.8, 4) is 0 Å². The average molecular weight is 420 g/mol. The SMILES string of the molecule is Cl.Cl.[C-]1=CC=CC1.[CH2]=[Zr].[CH3-].[CH3-].[CH3-].[CH3-].[c-]1cc2ccccc2[nH]1. The number of aromatic nitrogens is 1. The van der Waals surface area contributed by atoms with Crippen LogP contribution >= 0.6 is 24.8 Å². The molecule has 1 heterocycles. The van der Waals surface area contributed by atoms with Gasteiger partial charge in [-0.25, -0.2) is 12.2 Å². The Morgan fingerprint density at radius 1 is 1.00 bits per heavy atom. The number of rotatable bonds is 0. The summed E-state index contributed by atoms with van der Waals surface area (Å²) in [5.74, 6) is 0. The van der Waals surface area contributed by atoms with Crippen molar-refractivity contribution in [2.75, 3.05) is 0 Å². The monoisotopic (exact) mass is 417 g/mol. The summed E-state index contributed by atoms with van der Waals surface area (Å²) in [5, 5.41) is 1.22. The second kappa shape index (κ2) is 25.5. The molecule has 1 aliphatic rings. The van der Waals surface area contributed by atoms with Crippen LogP contribution < -0.4 is 0 Å². The molecular weight excluding hydrogens is 392 g/mol. The first-order valence-corrected chi connectivity index (χ1v) is 6.71. The zero-order chi connectivity index (χ0) is 11.6. The van der Waals surface area contributed by atoms with Gasteiger partial charge in [-0.3, -0.25) is 6.08 Å². The fourth-order valence-electron chi connectivity index (χ4n) is 1.27. The van der Waals surface area contributed by atoms with Crippen LogP contribution in [-0.4, -0.2) is 9.20 Å². The smallest absolute Gasteiger partial charge is 0.0745 e. The van der Waals surface area contributed by atoms with Crippen LogP contribution in [0.15, 0.2) is 48.6 Å². The van der Waals surface area contributed by atoms with Crippen molar-refractivity contribution >= 4 is 39.9 Å². The molecule has 1 aromatic heterocycles. The van der Waals surface area contributed by atoms with Crippen LogP contribution in [0.3, 0.4) is 0 Å². The van der Waals surface area contributed by atoms with E-state index in [1.54, 1.807) is 0 Å². The van der Waals surface area contributed by atoms with Gasteiger partial charge in [0, 0.05) is 0 Å². The molecule has 0 fully saturated rings. The third-order valence-electron chi connectivity index (χ3n) is 1.98. The van der Waals surface area contributed by atoms with Gasteiger partial charge in [0.15, 0.2) is 0 Å². The molecular formula is C18H27Cl2NZr-6. The van der Waals surface area contributed by atoms with Crippen LogP contribution in [0.4, 0.5) is 0 Å². The minimum atomic E-state index is 0. The summed E-state index contributed by atoms with van der Waals surface area (Å²) < 4.78 is 3.34. The van der Waals surface area contributed by atoms with Gasteiger partial charge in [0.1, 0.15) is 0 Å². The number of hydrogen-bond donors (Lipinski definition) is 1. The Labute approximate surface area is 165 Å². The largest absolute Gasteiger partial charge is 0.477 e. The number of para-hydroxylation sites is 1. The van der Waals surface area contributed by atoms with Crippen LogP contribution in [0.5, 0.6) is 0 Å². The molecule has 2 aromatic rings. The summed E-state index contributed by atoms with van der Waals surface area (Å²) in [5.41, 5.74) is 1.15. The van der Waals surface area contributed by atoms with Crippen LogP contribution in [0.1, 0.15) is 6.42 Å².